The average Bonchev–Trinajstić information content (AvgIpc) is 2.47. The predicted molar refractivity (Wildman–Crippen MR) is 84.0 cm³/mol. The van der Waals surface area contributed by atoms with E-state index in [1.807, 2.05) is 57.2 Å². The van der Waals surface area contributed by atoms with Crippen molar-refractivity contribution in [2.75, 3.05) is 13.2 Å². The maximum Gasteiger partial charge on any atom is 0.122 e. The fraction of sp³-hybridized carbons (Fsp3) is 0.333. The Bertz CT molecular complexity index is 576. The van der Waals surface area contributed by atoms with Gasteiger partial charge in [0.25, 0.3) is 0 Å². The van der Waals surface area contributed by atoms with Crippen LogP contribution in [0.15, 0.2) is 42.5 Å². The maximum atomic E-state index is 10.2. The molecule has 0 aliphatic heterocycles. The molecule has 0 saturated heterocycles. The van der Waals surface area contributed by atoms with Gasteiger partial charge in [0.05, 0.1) is 6.61 Å². The lowest BCUT2D eigenvalue weighted by atomic mass is 10.1. The molecule has 1 unspecified atom stereocenters. The molecule has 0 fully saturated rings. The van der Waals surface area contributed by atoms with Gasteiger partial charge in [-0.05, 0) is 50.1 Å². The lowest BCUT2D eigenvalue weighted by Gasteiger charge is -2.15. The first-order chi connectivity index (χ1) is 10.1. The molecule has 3 nitrogen and oxygen atoms in total. The van der Waals surface area contributed by atoms with Gasteiger partial charge in [0.1, 0.15) is 24.2 Å². The summed E-state index contributed by atoms with van der Waals surface area (Å²) in [6, 6.07) is 13.5. The molecule has 1 atom stereocenters. The van der Waals surface area contributed by atoms with Gasteiger partial charge >= 0.3 is 0 Å². The van der Waals surface area contributed by atoms with Crippen molar-refractivity contribution >= 4 is 0 Å². The van der Waals surface area contributed by atoms with Gasteiger partial charge in [-0.1, -0.05) is 29.8 Å². The van der Waals surface area contributed by atoms with Crippen LogP contribution in [0.25, 0.3) is 0 Å². The number of aliphatic hydroxyl groups excluding tert-OH is 1. The number of rotatable bonds is 6. The number of hydrogen-bond acceptors (Lipinski definition) is 3. The normalized spacial score (nSPS) is 12.0. The Morgan fingerprint density at radius 2 is 1.71 bits per heavy atom. The topological polar surface area (TPSA) is 38.7 Å². The number of hydrogen-bond donors (Lipinski definition) is 1. The zero-order chi connectivity index (χ0) is 15.2. The van der Waals surface area contributed by atoms with Crippen LogP contribution in [0.4, 0.5) is 0 Å². The Balaban J connectivity index is 1.96. The molecule has 2 aromatic rings. The largest absolute Gasteiger partial charge is 0.494 e. The summed E-state index contributed by atoms with van der Waals surface area (Å²) in [6.07, 6.45) is -0.652. The Labute approximate surface area is 126 Å². The fourth-order valence-corrected chi connectivity index (χ4v) is 2.18. The highest BCUT2D eigenvalue weighted by molar-refractivity contribution is 5.36. The summed E-state index contributed by atoms with van der Waals surface area (Å²) in [4.78, 5) is 0. The quantitative estimate of drug-likeness (QED) is 0.877. The van der Waals surface area contributed by atoms with E-state index in [2.05, 4.69) is 6.07 Å². The minimum absolute atomic E-state index is 0.234. The lowest BCUT2D eigenvalue weighted by molar-refractivity contribution is 0.108. The second kappa shape index (κ2) is 7.14. The van der Waals surface area contributed by atoms with E-state index in [0.717, 1.165) is 22.6 Å². The maximum absolute atomic E-state index is 10.2. The van der Waals surface area contributed by atoms with Gasteiger partial charge in [-0.25, -0.2) is 0 Å². The van der Waals surface area contributed by atoms with E-state index in [1.165, 1.54) is 5.56 Å². The highest BCUT2D eigenvalue weighted by Crippen LogP contribution is 2.22. The first-order valence-electron chi connectivity index (χ1n) is 7.21. The fourth-order valence-electron chi connectivity index (χ4n) is 2.18. The average molecular weight is 286 g/mol. The zero-order valence-corrected chi connectivity index (χ0v) is 12.8. The summed E-state index contributed by atoms with van der Waals surface area (Å²) in [5.74, 6) is 1.62. The molecule has 2 aromatic carbocycles. The van der Waals surface area contributed by atoms with Crippen molar-refractivity contribution in [1.29, 1.82) is 0 Å². The van der Waals surface area contributed by atoms with Crippen LogP contribution in [0.5, 0.6) is 11.5 Å². The summed E-state index contributed by atoms with van der Waals surface area (Å²) in [5.41, 5.74) is 3.10. The predicted octanol–water partition coefficient (Wildman–Crippen LogP) is 3.81. The second-order valence-electron chi connectivity index (χ2n) is 5.10. The molecule has 3 heteroatoms. The van der Waals surface area contributed by atoms with Crippen molar-refractivity contribution in [1.82, 2.24) is 0 Å². The lowest BCUT2D eigenvalue weighted by Crippen LogP contribution is -2.10. The Morgan fingerprint density at radius 1 is 1.00 bits per heavy atom. The summed E-state index contributed by atoms with van der Waals surface area (Å²) in [5, 5.41) is 10.2. The van der Waals surface area contributed by atoms with Crippen molar-refractivity contribution in [3.05, 3.63) is 59.2 Å². The van der Waals surface area contributed by atoms with E-state index < -0.39 is 6.10 Å². The third kappa shape index (κ3) is 4.23. The van der Waals surface area contributed by atoms with Crippen LogP contribution in [0.2, 0.25) is 0 Å². The molecule has 0 heterocycles. The van der Waals surface area contributed by atoms with Crippen molar-refractivity contribution < 1.29 is 14.6 Å². The van der Waals surface area contributed by atoms with Crippen LogP contribution in [0, 0.1) is 13.8 Å². The molecule has 0 aromatic heterocycles. The minimum atomic E-state index is -0.652. The molecule has 0 bridgehead atoms. The molecular weight excluding hydrogens is 264 g/mol. The van der Waals surface area contributed by atoms with Crippen molar-refractivity contribution in [2.45, 2.75) is 26.9 Å². The molecule has 21 heavy (non-hydrogen) atoms. The third-order valence-corrected chi connectivity index (χ3v) is 3.30. The number of ether oxygens (including phenoxy) is 2. The van der Waals surface area contributed by atoms with Crippen molar-refractivity contribution in [3.63, 3.8) is 0 Å². The molecule has 0 aliphatic rings. The molecule has 0 amide bonds. The van der Waals surface area contributed by atoms with Gasteiger partial charge in [0.15, 0.2) is 0 Å². The second-order valence-corrected chi connectivity index (χ2v) is 5.10. The van der Waals surface area contributed by atoms with Gasteiger partial charge in [-0.2, -0.15) is 0 Å². The van der Waals surface area contributed by atoms with Crippen molar-refractivity contribution in [2.24, 2.45) is 0 Å². The zero-order valence-electron chi connectivity index (χ0n) is 12.8. The molecule has 112 valence electrons. The molecule has 0 radical (unpaired) electrons. The number of aryl methyl sites for hydroxylation is 2. The minimum Gasteiger partial charge on any atom is -0.494 e. The number of benzene rings is 2. The van der Waals surface area contributed by atoms with E-state index in [0.29, 0.717) is 6.61 Å². The van der Waals surface area contributed by atoms with E-state index in [1.54, 1.807) is 0 Å². The standard InChI is InChI=1S/C18H22O3/c1-4-20-16-8-6-15(7-9-16)17(19)12-21-18-10-5-13(2)11-14(18)3/h5-11,17,19H,4,12H2,1-3H3. The van der Waals surface area contributed by atoms with Crippen LogP contribution in [0.3, 0.4) is 0 Å². The Morgan fingerprint density at radius 3 is 2.33 bits per heavy atom. The first-order valence-corrected chi connectivity index (χ1v) is 7.21. The van der Waals surface area contributed by atoms with E-state index in [-0.39, 0.29) is 6.61 Å². The van der Waals surface area contributed by atoms with Crippen LogP contribution in [-0.4, -0.2) is 18.3 Å². The monoisotopic (exact) mass is 286 g/mol. The Hall–Kier alpha value is -2.00. The molecule has 0 saturated carbocycles. The van der Waals surface area contributed by atoms with Gasteiger partial charge in [-0.3, -0.25) is 0 Å². The van der Waals surface area contributed by atoms with Crippen LogP contribution in [-0.2, 0) is 0 Å². The van der Waals surface area contributed by atoms with Gasteiger partial charge in [0, 0.05) is 0 Å². The smallest absolute Gasteiger partial charge is 0.122 e. The molecular formula is C18H22O3. The molecule has 2 rings (SSSR count). The molecule has 0 spiro atoms. The highest BCUT2D eigenvalue weighted by atomic mass is 16.5. The molecule has 0 aliphatic carbocycles. The summed E-state index contributed by atoms with van der Waals surface area (Å²) in [6.45, 7) is 6.87. The van der Waals surface area contributed by atoms with Gasteiger partial charge in [0.2, 0.25) is 0 Å². The van der Waals surface area contributed by atoms with E-state index >= 15 is 0 Å². The van der Waals surface area contributed by atoms with Crippen LogP contribution < -0.4 is 9.47 Å². The van der Waals surface area contributed by atoms with Gasteiger partial charge < -0.3 is 14.6 Å². The Kier molecular flexibility index (Phi) is 5.23. The first kappa shape index (κ1) is 15.4. The van der Waals surface area contributed by atoms with E-state index in [4.69, 9.17) is 9.47 Å². The SMILES string of the molecule is CCOc1ccc(C(O)COc2ccc(C)cc2C)cc1. The molecule has 1 N–H and O–H groups in total. The van der Waals surface area contributed by atoms with E-state index in [9.17, 15) is 5.11 Å². The van der Waals surface area contributed by atoms with Crippen LogP contribution >= 0.6 is 0 Å². The van der Waals surface area contributed by atoms with Crippen molar-refractivity contribution in [3.8, 4) is 11.5 Å². The summed E-state index contributed by atoms with van der Waals surface area (Å²) >= 11 is 0. The third-order valence-electron chi connectivity index (χ3n) is 3.30. The number of aliphatic hydroxyl groups is 1. The van der Waals surface area contributed by atoms with Crippen LogP contribution in [0.1, 0.15) is 29.7 Å². The summed E-state index contributed by atoms with van der Waals surface area (Å²) < 4.78 is 11.1. The highest BCUT2D eigenvalue weighted by Gasteiger charge is 2.09. The van der Waals surface area contributed by atoms with Gasteiger partial charge in [-0.15, -0.1) is 0 Å². The summed E-state index contributed by atoms with van der Waals surface area (Å²) in [7, 11) is 0.